The molecule has 252 valence electrons. The van der Waals surface area contributed by atoms with Crippen LogP contribution in [0.2, 0.25) is 0 Å². The third-order valence-electron chi connectivity index (χ3n) is 9.47. The number of fused-ring (bicyclic) bond motifs is 6. The Bertz CT molecular complexity index is 2140. The number of carbonyl (C=O) groups excluding carboxylic acids is 2. The molecular weight excluding hydrogens is 683 g/mol. The molecule has 0 saturated heterocycles. The van der Waals surface area contributed by atoms with Gasteiger partial charge in [0, 0.05) is 66.6 Å². The number of halogens is 2. The Morgan fingerprint density at radius 1 is 0.755 bits per heavy atom. The number of alkyl halides is 2. The number of thiophene rings is 1. The number of nitrogens with zero attached hydrogens (tertiary/aromatic N) is 4. The van der Waals surface area contributed by atoms with Crippen molar-refractivity contribution in [2.24, 2.45) is 0 Å². The average molecular weight is 718 g/mol. The fourth-order valence-electron chi connectivity index (χ4n) is 7.17. The minimum atomic E-state index is -1.08. The third-order valence-corrected chi connectivity index (χ3v) is 11.3. The predicted octanol–water partition coefficient (Wildman–Crippen LogP) is 7.77. The molecular formula is C37H34Cl2N4O5S. The molecule has 0 bridgehead atoms. The van der Waals surface area contributed by atoms with Crippen LogP contribution >= 0.6 is 34.5 Å². The van der Waals surface area contributed by atoms with Gasteiger partial charge >= 0.3 is 6.09 Å². The SMILES string of the molecule is CN(C)CCN(C(=O)O)c1cc2c(c3ccccc13)[C@H](CCl)CN2C(=O)c1ccc(C(=O)N2C[C@@H](CCl)c3c2cc(O)c2ccccc32)s1. The highest BCUT2D eigenvalue weighted by atomic mass is 35.5. The van der Waals surface area contributed by atoms with E-state index in [-0.39, 0.29) is 41.8 Å². The Balaban J connectivity index is 1.24. The van der Waals surface area contributed by atoms with Crippen LogP contribution in [0.4, 0.5) is 21.9 Å². The van der Waals surface area contributed by atoms with Gasteiger partial charge < -0.3 is 24.9 Å². The molecule has 5 aromatic rings. The normalized spacial score (nSPS) is 16.8. The van der Waals surface area contributed by atoms with Gasteiger partial charge in [-0.3, -0.25) is 14.5 Å². The summed E-state index contributed by atoms with van der Waals surface area (Å²) < 4.78 is 0. The van der Waals surface area contributed by atoms with Crippen molar-refractivity contribution in [3.8, 4) is 5.75 Å². The lowest BCUT2D eigenvalue weighted by Gasteiger charge is -2.25. The minimum absolute atomic E-state index is 0.0843. The lowest BCUT2D eigenvalue weighted by atomic mass is 9.94. The number of hydrogen-bond donors (Lipinski definition) is 2. The predicted molar refractivity (Wildman–Crippen MR) is 198 cm³/mol. The summed E-state index contributed by atoms with van der Waals surface area (Å²) in [5, 5.41) is 24.3. The summed E-state index contributed by atoms with van der Waals surface area (Å²) in [4.78, 5) is 48.1. The van der Waals surface area contributed by atoms with Gasteiger partial charge in [-0.25, -0.2) is 4.79 Å². The zero-order valence-corrected chi connectivity index (χ0v) is 29.2. The van der Waals surface area contributed by atoms with Crippen molar-refractivity contribution in [3.05, 3.63) is 93.7 Å². The molecule has 9 nitrogen and oxygen atoms in total. The van der Waals surface area contributed by atoms with Crippen molar-refractivity contribution < 1.29 is 24.6 Å². The molecule has 3 amide bonds. The van der Waals surface area contributed by atoms with E-state index in [9.17, 15) is 24.6 Å². The van der Waals surface area contributed by atoms with Crippen LogP contribution in [0.25, 0.3) is 21.5 Å². The molecule has 2 atom stereocenters. The molecule has 0 fully saturated rings. The molecule has 2 aliphatic heterocycles. The molecule has 12 heteroatoms. The summed E-state index contributed by atoms with van der Waals surface area (Å²) in [6.07, 6.45) is -1.08. The number of rotatable bonds is 8. The van der Waals surface area contributed by atoms with Gasteiger partial charge in [-0.05, 0) is 54.2 Å². The maximum atomic E-state index is 14.3. The Kier molecular flexibility index (Phi) is 8.91. The van der Waals surface area contributed by atoms with Crippen LogP contribution < -0.4 is 14.7 Å². The summed E-state index contributed by atoms with van der Waals surface area (Å²) in [6.45, 7) is 1.43. The molecule has 1 aromatic heterocycles. The van der Waals surface area contributed by atoms with Gasteiger partial charge in [-0.2, -0.15) is 0 Å². The number of carboxylic acid groups (broad SMARTS) is 1. The van der Waals surface area contributed by atoms with Crippen LogP contribution in [-0.2, 0) is 0 Å². The molecule has 3 heterocycles. The van der Waals surface area contributed by atoms with Crippen LogP contribution in [0.5, 0.6) is 5.75 Å². The number of benzene rings is 4. The average Bonchev–Trinajstić information content (AvgIpc) is 3.83. The quantitative estimate of drug-likeness (QED) is 0.159. The van der Waals surface area contributed by atoms with Gasteiger partial charge in [0.15, 0.2) is 0 Å². The first-order chi connectivity index (χ1) is 23.6. The number of phenols is 1. The summed E-state index contributed by atoms with van der Waals surface area (Å²) >= 11 is 14.0. The first-order valence-electron chi connectivity index (χ1n) is 15.9. The minimum Gasteiger partial charge on any atom is -0.507 e. The number of aromatic hydroxyl groups is 1. The lowest BCUT2D eigenvalue weighted by Crippen LogP contribution is -2.36. The lowest BCUT2D eigenvalue weighted by molar-refractivity contribution is 0.0986. The Labute approximate surface area is 297 Å². The molecule has 0 saturated carbocycles. The number of phenolic OH excluding ortho intramolecular Hbond substituents is 1. The largest absolute Gasteiger partial charge is 0.507 e. The number of hydrogen-bond acceptors (Lipinski definition) is 6. The summed E-state index contributed by atoms with van der Waals surface area (Å²) in [5.41, 5.74) is 3.55. The van der Waals surface area contributed by atoms with E-state index in [0.717, 1.165) is 38.6 Å². The molecule has 2 aliphatic rings. The van der Waals surface area contributed by atoms with E-state index in [4.69, 9.17) is 23.2 Å². The summed E-state index contributed by atoms with van der Waals surface area (Å²) in [6, 6.07) is 21.9. The van der Waals surface area contributed by atoms with Crippen LogP contribution in [0.15, 0.2) is 72.8 Å². The van der Waals surface area contributed by atoms with Gasteiger partial charge in [0.1, 0.15) is 5.75 Å². The van der Waals surface area contributed by atoms with E-state index >= 15 is 0 Å². The van der Waals surface area contributed by atoms with E-state index in [0.29, 0.717) is 57.7 Å². The van der Waals surface area contributed by atoms with Crippen molar-refractivity contribution in [1.82, 2.24) is 4.90 Å². The molecule has 0 aliphatic carbocycles. The Morgan fingerprint density at radius 3 is 1.76 bits per heavy atom. The van der Waals surface area contributed by atoms with Crippen molar-refractivity contribution in [2.75, 3.05) is 66.7 Å². The second-order valence-corrected chi connectivity index (χ2v) is 14.4. The number of anilines is 3. The first-order valence-corrected chi connectivity index (χ1v) is 17.8. The van der Waals surface area contributed by atoms with Gasteiger partial charge in [-0.15, -0.1) is 34.5 Å². The summed E-state index contributed by atoms with van der Waals surface area (Å²) in [5.74, 6) is -0.195. The molecule has 4 aromatic carbocycles. The fraction of sp³-hybridized carbons (Fsp3) is 0.270. The fourth-order valence-corrected chi connectivity index (χ4v) is 8.57. The maximum Gasteiger partial charge on any atom is 0.411 e. The molecule has 7 rings (SSSR count). The zero-order valence-electron chi connectivity index (χ0n) is 26.9. The van der Waals surface area contributed by atoms with Crippen molar-refractivity contribution in [3.63, 3.8) is 0 Å². The van der Waals surface area contributed by atoms with E-state index in [1.165, 1.54) is 4.90 Å². The Morgan fingerprint density at radius 2 is 1.24 bits per heavy atom. The van der Waals surface area contributed by atoms with Crippen LogP contribution in [0, 0.1) is 0 Å². The maximum absolute atomic E-state index is 14.3. The number of carbonyl (C=O) groups is 3. The highest BCUT2D eigenvalue weighted by Gasteiger charge is 2.38. The van der Waals surface area contributed by atoms with Crippen LogP contribution in [0.1, 0.15) is 42.3 Å². The second kappa shape index (κ2) is 13.2. The standard InChI is InChI=1S/C37H34Cl2N4O5S/c1-40(2)13-14-41(37(47)48)27-15-28-33(25-9-5-3-7-23(25)27)21(17-38)19-42(28)35(45)31-11-12-32(49-31)36(46)43-20-22(18-39)34-26-10-6-4-8-24(26)30(44)16-29(34)43/h3-12,15-16,21-22,44H,13-14,17-20H2,1-2H3,(H,47,48)/t21-,22-/m1/s1. The van der Waals surface area contributed by atoms with Gasteiger partial charge in [0.05, 0.1) is 26.8 Å². The highest BCUT2D eigenvalue weighted by Crippen LogP contribution is 2.48. The van der Waals surface area contributed by atoms with Gasteiger partial charge in [0.25, 0.3) is 11.8 Å². The topological polar surface area (TPSA) is 105 Å². The van der Waals surface area contributed by atoms with Crippen molar-refractivity contribution >= 4 is 91.1 Å². The monoisotopic (exact) mass is 716 g/mol. The molecule has 0 unspecified atom stereocenters. The number of amides is 3. The van der Waals surface area contributed by atoms with Gasteiger partial charge in [-0.1, -0.05) is 48.5 Å². The van der Waals surface area contributed by atoms with Gasteiger partial charge in [0.2, 0.25) is 0 Å². The second-order valence-electron chi connectivity index (χ2n) is 12.7. The molecule has 49 heavy (non-hydrogen) atoms. The smallest absolute Gasteiger partial charge is 0.411 e. The van der Waals surface area contributed by atoms with Crippen molar-refractivity contribution in [1.29, 1.82) is 0 Å². The van der Waals surface area contributed by atoms with Crippen molar-refractivity contribution in [2.45, 2.75) is 11.8 Å². The van der Waals surface area contributed by atoms with Crippen LogP contribution in [0.3, 0.4) is 0 Å². The molecule has 2 N–H and O–H groups in total. The first kappa shape index (κ1) is 33.2. The van der Waals surface area contributed by atoms with Crippen LogP contribution in [-0.4, -0.2) is 85.1 Å². The van der Waals surface area contributed by atoms with E-state index < -0.39 is 6.09 Å². The zero-order chi connectivity index (χ0) is 34.6. The molecule has 0 spiro atoms. The van der Waals surface area contributed by atoms with E-state index in [2.05, 4.69) is 0 Å². The van der Waals surface area contributed by atoms with E-state index in [1.54, 1.807) is 34.1 Å². The Hall–Kier alpha value is -4.35. The van der Waals surface area contributed by atoms with E-state index in [1.807, 2.05) is 67.5 Å². The molecule has 0 radical (unpaired) electrons. The highest BCUT2D eigenvalue weighted by molar-refractivity contribution is 7.16. The number of likely N-dealkylation sites (N-methyl/N-ethyl adjacent to an activating group) is 1. The third kappa shape index (κ3) is 5.66. The summed E-state index contributed by atoms with van der Waals surface area (Å²) in [7, 11) is 3.77.